The Balaban J connectivity index is 1.80. The number of carbonyl (C=O) groups is 1. The Kier molecular flexibility index (Phi) is 8.05. The maximum absolute atomic E-state index is 13.6. The number of hydrogen-bond acceptors (Lipinski definition) is 4. The fourth-order valence-corrected chi connectivity index (χ4v) is 3.90. The third kappa shape index (κ3) is 5.97. The predicted octanol–water partition coefficient (Wildman–Crippen LogP) is 4.82. The van der Waals surface area contributed by atoms with Crippen molar-refractivity contribution >= 4 is 29.3 Å². The quantitative estimate of drug-likeness (QED) is 0.306. The van der Waals surface area contributed by atoms with E-state index in [1.54, 1.807) is 17.8 Å². The first-order chi connectivity index (χ1) is 15.4. The lowest BCUT2D eigenvalue weighted by Gasteiger charge is -2.13. The summed E-state index contributed by atoms with van der Waals surface area (Å²) in [7, 11) is 0. The molecule has 0 bridgehead atoms. The van der Waals surface area contributed by atoms with Crippen molar-refractivity contribution in [1.29, 1.82) is 0 Å². The van der Waals surface area contributed by atoms with Gasteiger partial charge in [0.05, 0.1) is 5.69 Å². The van der Waals surface area contributed by atoms with Gasteiger partial charge in [-0.05, 0) is 75.4 Å². The van der Waals surface area contributed by atoms with Crippen LogP contribution >= 0.6 is 11.8 Å². The third-order valence-electron chi connectivity index (χ3n) is 5.11. The van der Waals surface area contributed by atoms with E-state index in [1.165, 1.54) is 18.2 Å². The van der Waals surface area contributed by atoms with E-state index in [2.05, 4.69) is 34.6 Å². The molecular weight excluding hydrogens is 425 g/mol. The van der Waals surface area contributed by atoms with E-state index in [1.807, 2.05) is 42.1 Å². The van der Waals surface area contributed by atoms with Gasteiger partial charge < -0.3 is 5.32 Å². The average molecular weight is 454 g/mol. The number of anilines is 1. The molecule has 0 spiro atoms. The summed E-state index contributed by atoms with van der Waals surface area (Å²) < 4.78 is 15.5. The van der Waals surface area contributed by atoms with Crippen LogP contribution in [0.4, 0.5) is 10.1 Å². The summed E-state index contributed by atoms with van der Waals surface area (Å²) in [4.78, 5) is 18.4. The first kappa shape index (κ1) is 23.5. The van der Waals surface area contributed by atoms with E-state index in [9.17, 15) is 9.18 Å². The summed E-state index contributed by atoms with van der Waals surface area (Å²) in [6, 6.07) is 13.4. The molecule has 1 aromatic heterocycles. The van der Waals surface area contributed by atoms with Gasteiger partial charge in [-0.2, -0.15) is 5.10 Å². The standard InChI is InChI=1S/C24H28FN5OS/c1-5-30-17(3)22(16(2)29-30)12-13-26-24(27-20-10-7-11-21(15-20)32-4)28-23(31)18-8-6-9-19(25)14-18/h6-11,14-15H,5,12-13H2,1-4H3,(H2,26,27,28,31). The Hall–Kier alpha value is -3.13. The Morgan fingerprint density at radius 3 is 2.66 bits per heavy atom. The number of aromatic nitrogens is 2. The van der Waals surface area contributed by atoms with Gasteiger partial charge in [0.2, 0.25) is 5.96 Å². The molecule has 2 aromatic carbocycles. The molecule has 0 atom stereocenters. The number of amides is 1. The largest absolute Gasteiger partial charge is 0.326 e. The van der Waals surface area contributed by atoms with E-state index in [0.29, 0.717) is 18.9 Å². The molecule has 0 saturated carbocycles. The van der Waals surface area contributed by atoms with Gasteiger partial charge in [0.15, 0.2) is 0 Å². The molecule has 0 unspecified atom stereocenters. The first-order valence-electron chi connectivity index (χ1n) is 10.5. The minimum atomic E-state index is -0.462. The molecule has 32 heavy (non-hydrogen) atoms. The van der Waals surface area contributed by atoms with Crippen LogP contribution in [-0.2, 0) is 13.0 Å². The van der Waals surface area contributed by atoms with Gasteiger partial charge in [-0.1, -0.05) is 12.1 Å². The SMILES string of the molecule is CCn1nc(C)c(CCN=C(NC(=O)c2cccc(F)c2)Nc2cccc(SC)c2)c1C. The van der Waals surface area contributed by atoms with Gasteiger partial charge in [0.25, 0.3) is 5.91 Å². The number of thioether (sulfide) groups is 1. The Labute approximate surface area is 192 Å². The van der Waals surface area contributed by atoms with E-state index >= 15 is 0 Å². The highest BCUT2D eigenvalue weighted by Crippen LogP contribution is 2.19. The molecule has 3 aromatic rings. The first-order valence-corrected chi connectivity index (χ1v) is 11.7. The molecule has 168 valence electrons. The van der Waals surface area contributed by atoms with Crippen molar-refractivity contribution in [3.05, 3.63) is 76.9 Å². The predicted molar refractivity (Wildman–Crippen MR) is 129 cm³/mol. The van der Waals surface area contributed by atoms with E-state index in [0.717, 1.165) is 34.1 Å². The number of nitrogens with zero attached hydrogens (tertiary/aromatic N) is 3. The smallest absolute Gasteiger partial charge is 0.258 e. The zero-order chi connectivity index (χ0) is 23.1. The summed E-state index contributed by atoms with van der Waals surface area (Å²) in [5, 5.41) is 10.5. The summed E-state index contributed by atoms with van der Waals surface area (Å²) in [6.45, 7) is 7.40. The summed E-state index contributed by atoms with van der Waals surface area (Å²) in [6.07, 6.45) is 2.70. The average Bonchev–Trinajstić information content (AvgIpc) is 3.06. The van der Waals surface area contributed by atoms with Gasteiger partial charge in [0, 0.05) is 34.9 Å². The molecule has 0 fully saturated rings. The molecule has 8 heteroatoms. The number of rotatable bonds is 7. The van der Waals surface area contributed by atoms with Crippen LogP contribution in [-0.4, -0.2) is 34.4 Å². The van der Waals surface area contributed by atoms with Crippen LogP contribution in [0.1, 0.15) is 34.2 Å². The molecule has 3 rings (SSSR count). The maximum Gasteiger partial charge on any atom is 0.258 e. The van der Waals surface area contributed by atoms with E-state index in [-0.39, 0.29) is 5.56 Å². The second-order valence-corrected chi connectivity index (χ2v) is 8.15. The molecule has 0 radical (unpaired) electrons. The molecule has 1 heterocycles. The Morgan fingerprint density at radius 2 is 1.97 bits per heavy atom. The zero-order valence-corrected chi connectivity index (χ0v) is 19.6. The lowest BCUT2D eigenvalue weighted by molar-refractivity contribution is 0.0976. The number of hydrogen-bond donors (Lipinski definition) is 2. The number of nitrogens with one attached hydrogen (secondary N) is 2. The zero-order valence-electron chi connectivity index (χ0n) is 18.8. The second kappa shape index (κ2) is 10.9. The normalized spacial score (nSPS) is 11.5. The van der Waals surface area contributed by atoms with Crippen LogP contribution < -0.4 is 10.6 Å². The molecule has 0 aliphatic carbocycles. The molecule has 1 amide bonds. The number of aryl methyl sites for hydroxylation is 2. The van der Waals surface area contributed by atoms with Gasteiger partial charge in [0.1, 0.15) is 5.82 Å². The van der Waals surface area contributed by atoms with Crippen LogP contribution in [0, 0.1) is 19.7 Å². The number of aliphatic imine (C=N–C) groups is 1. The van der Waals surface area contributed by atoms with Crippen molar-refractivity contribution in [2.24, 2.45) is 4.99 Å². The van der Waals surface area contributed by atoms with E-state index in [4.69, 9.17) is 0 Å². The molecule has 6 nitrogen and oxygen atoms in total. The topological polar surface area (TPSA) is 71.3 Å². The van der Waals surface area contributed by atoms with Gasteiger partial charge in [-0.25, -0.2) is 4.39 Å². The minimum absolute atomic E-state index is 0.230. The molecule has 0 saturated heterocycles. The van der Waals surface area contributed by atoms with Crippen molar-refractivity contribution in [3.63, 3.8) is 0 Å². The van der Waals surface area contributed by atoms with Gasteiger partial charge in [-0.15, -0.1) is 11.8 Å². The van der Waals surface area contributed by atoms with Crippen LogP contribution in [0.3, 0.4) is 0 Å². The lowest BCUT2D eigenvalue weighted by atomic mass is 10.1. The van der Waals surface area contributed by atoms with Crippen molar-refractivity contribution in [2.45, 2.75) is 38.6 Å². The third-order valence-corrected chi connectivity index (χ3v) is 5.84. The van der Waals surface area contributed by atoms with Crippen LogP contribution in [0.25, 0.3) is 0 Å². The summed E-state index contributed by atoms with van der Waals surface area (Å²) >= 11 is 1.63. The Morgan fingerprint density at radius 1 is 1.19 bits per heavy atom. The van der Waals surface area contributed by atoms with E-state index < -0.39 is 11.7 Å². The van der Waals surface area contributed by atoms with Crippen molar-refractivity contribution in [3.8, 4) is 0 Å². The maximum atomic E-state index is 13.6. The lowest BCUT2D eigenvalue weighted by Crippen LogP contribution is -2.36. The molecule has 0 aliphatic heterocycles. The highest BCUT2D eigenvalue weighted by Gasteiger charge is 2.12. The van der Waals surface area contributed by atoms with Gasteiger partial charge >= 0.3 is 0 Å². The fourth-order valence-electron chi connectivity index (χ4n) is 3.44. The molecule has 2 N–H and O–H groups in total. The van der Waals surface area contributed by atoms with Crippen LogP contribution in [0.5, 0.6) is 0 Å². The highest BCUT2D eigenvalue weighted by atomic mass is 32.2. The second-order valence-electron chi connectivity index (χ2n) is 7.27. The highest BCUT2D eigenvalue weighted by molar-refractivity contribution is 7.98. The molecular formula is C24H28FN5OS. The summed E-state index contributed by atoms with van der Waals surface area (Å²) in [5.41, 5.74) is 4.32. The van der Waals surface area contributed by atoms with Crippen LogP contribution in [0.15, 0.2) is 58.4 Å². The fraction of sp³-hybridized carbons (Fsp3) is 0.292. The Bertz CT molecular complexity index is 1130. The number of benzene rings is 2. The van der Waals surface area contributed by atoms with Crippen molar-refractivity contribution in [2.75, 3.05) is 18.1 Å². The van der Waals surface area contributed by atoms with Gasteiger partial charge in [-0.3, -0.25) is 19.8 Å². The van der Waals surface area contributed by atoms with Crippen LogP contribution in [0.2, 0.25) is 0 Å². The number of carbonyl (C=O) groups excluding carboxylic acids is 1. The summed E-state index contributed by atoms with van der Waals surface area (Å²) in [5.74, 6) is -0.575. The molecule has 0 aliphatic rings. The van der Waals surface area contributed by atoms with Crippen molar-refractivity contribution < 1.29 is 9.18 Å². The number of guanidine groups is 1. The number of halogens is 1. The van der Waals surface area contributed by atoms with Crippen molar-refractivity contribution in [1.82, 2.24) is 15.1 Å². The monoisotopic (exact) mass is 453 g/mol. The minimum Gasteiger partial charge on any atom is -0.326 e.